The molecule has 0 N–H and O–H groups in total. The number of aliphatic imine (C=N–C) groups is 1. The monoisotopic (exact) mass is 326 g/mol. The molecular formula is C20H26N2O2. The molecule has 0 bridgehead atoms. The van der Waals surface area contributed by atoms with Crippen LogP contribution in [0.15, 0.2) is 77.5 Å². The summed E-state index contributed by atoms with van der Waals surface area (Å²) in [6.07, 6.45) is 14.7. The molecule has 0 aromatic rings. The molecule has 24 heavy (non-hydrogen) atoms. The van der Waals surface area contributed by atoms with E-state index in [9.17, 15) is 4.79 Å². The third kappa shape index (κ3) is 5.54. The Balaban J connectivity index is 3.04. The molecule has 1 aliphatic carbocycles. The predicted molar refractivity (Wildman–Crippen MR) is 101 cm³/mol. The molecule has 0 aliphatic heterocycles. The van der Waals surface area contributed by atoms with Gasteiger partial charge >= 0.3 is 6.09 Å². The molecule has 0 radical (unpaired) electrons. The number of nitrogens with zero attached hydrogens (tertiary/aromatic N) is 2. The molecule has 0 saturated heterocycles. The first kappa shape index (κ1) is 19.4. The molecule has 0 saturated carbocycles. The first-order valence-electron chi connectivity index (χ1n) is 7.95. The lowest BCUT2D eigenvalue weighted by atomic mass is 10.1. The molecule has 4 nitrogen and oxygen atoms in total. The Bertz CT molecular complexity index is 634. The van der Waals surface area contributed by atoms with Gasteiger partial charge in [-0.25, -0.2) is 9.69 Å². The molecule has 0 spiro atoms. The van der Waals surface area contributed by atoms with Crippen molar-refractivity contribution < 1.29 is 9.53 Å². The highest BCUT2D eigenvalue weighted by Gasteiger charge is 2.24. The Kier molecular flexibility index (Phi) is 8.26. The lowest BCUT2D eigenvalue weighted by Crippen LogP contribution is -2.37. The van der Waals surface area contributed by atoms with Crippen molar-refractivity contribution in [3.05, 3.63) is 72.5 Å². The third-order valence-corrected chi connectivity index (χ3v) is 3.35. The number of rotatable bonds is 6. The largest absolute Gasteiger partial charge is 0.444 e. The van der Waals surface area contributed by atoms with Crippen molar-refractivity contribution in [1.29, 1.82) is 0 Å². The standard InChI is InChI=1S/C20H26N2O2/c1-6-8-14-18(7-2)22(19(21-5)16(3)4)20(23)24-15-17-12-10-9-11-13-17/h6-8,10,12-14H,2-3,9,11,15H2,1,4-5H3/b8-6-,18-14+,21-19?. The first-order valence-corrected chi connectivity index (χ1v) is 7.95. The van der Waals surface area contributed by atoms with Gasteiger partial charge in [-0.15, -0.1) is 0 Å². The summed E-state index contributed by atoms with van der Waals surface area (Å²) in [5, 5.41) is 0. The van der Waals surface area contributed by atoms with Crippen LogP contribution in [0.4, 0.5) is 4.79 Å². The van der Waals surface area contributed by atoms with Crippen LogP contribution in [0.3, 0.4) is 0 Å². The summed E-state index contributed by atoms with van der Waals surface area (Å²) in [5.41, 5.74) is 2.24. The van der Waals surface area contributed by atoms with Gasteiger partial charge in [0.05, 0.1) is 5.70 Å². The Morgan fingerprint density at radius 2 is 2.21 bits per heavy atom. The van der Waals surface area contributed by atoms with Crippen molar-refractivity contribution in [1.82, 2.24) is 4.90 Å². The van der Waals surface area contributed by atoms with Crippen molar-refractivity contribution in [3.8, 4) is 0 Å². The molecule has 0 aromatic carbocycles. The van der Waals surface area contributed by atoms with Crippen LogP contribution in [0, 0.1) is 0 Å². The zero-order valence-electron chi connectivity index (χ0n) is 14.8. The van der Waals surface area contributed by atoms with E-state index in [1.54, 1.807) is 26.1 Å². The second-order valence-corrected chi connectivity index (χ2v) is 5.30. The summed E-state index contributed by atoms with van der Waals surface area (Å²) in [4.78, 5) is 18.2. The number of amides is 1. The minimum absolute atomic E-state index is 0.229. The highest BCUT2D eigenvalue weighted by atomic mass is 16.6. The normalized spacial score (nSPS) is 15.2. The summed E-state index contributed by atoms with van der Waals surface area (Å²) in [5.74, 6) is 0.448. The highest BCUT2D eigenvalue weighted by molar-refractivity contribution is 6.07. The van der Waals surface area contributed by atoms with E-state index in [1.807, 2.05) is 25.2 Å². The van der Waals surface area contributed by atoms with Crippen molar-refractivity contribution in [2.75, 3.05) is 13.7 Å². The van der Waals surface area contributed by atoms with Crippen molar-refractivity contribution in [2.45, 2.75) is 26.7 Å². The van der Waals surface area contributed by atoms with Gasteiger partial charge in [0.2, 0.25) is 0 Å². The van der Waals surface area contributed by atoms with E-state index in [1.165, 1.54) is 4.90 Å². The lowest BCUT2D eigenvalue weighted by Gasteiger charge is -2.24. The predicted octanol–water partition coefficient (Wildman–Crippen LogP) is 4.95. The summed E-state index contributed by atoms with van der Waals surface area (Å²) in [7, 11) is 1.62. The maximum Gasteiger partial charge on any atom is 0.420 e. The smallest absolute Gasteiger partial charge is 0.420 e. The van der Waals surface area contributed by atoms with Crippen molar-refractivity contribution >= 4 is 11.9 Å². The van der Waals surface area contributed by atoms with E-state index in [0.717, 1.165) is 18.4 Å². The molecule has 1 rings (SSSR count). The van der Waals surface area contributed by atoms with Gasteiger partial charge in [0.1, 0.15) is 12.4 Å². The summed E-state index contributed by atoms with van der Waals surface area (Å²) < 4.78 is 5.47. The zero-order chi connectivity index (χ0) is 17.9. The third-order valence-electron chi connectivity index (χ3n) is 3.35. The molecule has 0 fully saturated rings. The molecule has 0 unspecified atom stereocenters. The second-order valence-electron chi connectivity index (χ2n) is 5.30. The van der Waals surface area contributed by atoms with Crippen LogP contribution in [-0.2, 0) is 4.74 Å². The number of carbonyl (C=O) groups is 1. The maximum absolute atomic E-state index is 12.7. The van der Waals surface area contributed by atoms with Crippen molar-refractivity contribution in [3.63, 3.8) is 0 Å². The van der Waals surface area contributed by atoms with E-state index < -0.39 is 6.09 Å². The summed E-state index contributed by atoms with van der Waals surface area (Å²) >= 11 is 0. The fraction of sp³-hybridized carbons (Fsp3) is 0.300. The molecule has 0 aromatic heterocycles. The number of hydrogen-bond acceptors (Lipinski definition) is 3. The van der Waals surface area contributed by atoms with Gasteiger partial charge in [-0.1, -0.05) is 43.5 Å². The summed E-state index contributed by atoms with van der Waals surface area (Å²) in [6.45, 7) is 11.6. The van der Waals surface area contributed by atoms with Crippen LogP contribution >= 0.6 is 0 Å². The Morgan fingerprint density at radius 1 is 1.46 bits per heavy atom. The number of hydrogen-bond donors (Lipinski definition) is 0. The maximum atomic E-state index is 12.7. The number of carbonyl (C=O) groups excluding carboxylic acids is 1. The van der Waals surface area contributed by atoms with Crippen LogP contribution in [0.1, 0.15) is 26.7 Å². The minimum Gasteiger partial charge on any atom is -0.444 e. The first-order chi connectivity index (χ1) is 11.5. The van der Waals surface area contributed by atoms with Crippen molar-refractivity contribution in [2.24, 2.45) is 4.99 Å². The number of amidine groups is 1. The molecule has 1 aliphatic rings. The highest BCUT2D eigenvalue weighted by Crippen LogP contribution is 2.16. The van der Waals surface area contributed by atoms with E-state index in [2.05, 4.69) is 30.3 Å². The van der Waals surface area contributed by atoms with E-state index >= 15 is 0 Å². The molecule has 0 heterocycles. The SMILES string of the molecule is C=C/C(=C\C=C/C)N(C(=O)OCC1=CCCC=C1)C(=NC)C(=C)C. The Morgan fingerprint density at radius 3 is 2.71 bits per heavy atom. The van der Waals surface area contributed by atoms with Gasteiger partial charge in [0, 0.05) is 7.05 Å². The number of ether oxygens (including phenoxy) is 1. The van der Waals surface area contributed by atoms with Crippen LogP contribution in [0.5, 0.6) is 0 Å². The van der Waals surface area contributed by atoms with E-state index in [4.69, 9.17) is 4.74 Å². The van der Waals surface area contributed by atoms with Gasteiger partial charge in [-0.3, -0.25) is 4.99 Å². The molecule has 128 valence electrons. The Hall–Kier alpha value is -2.62. The summed E-state index contributed by atoms with van der Waals surface area (Å²) in [6, 6.07) is 0. The van der Waals surface area contributed by atoms with Crippen LogP contribution < -0.4 is 0 Å². The Labute approximate surface area is 144 Å². The molecular weight excluding hydrogens is 300 g/mol. The van der Waals surface area contributed by atoms with Crippen LogP contribution in [0.25, 0.3) is 0 Å². The zero-order valence-corrected chi connectivity index (χ0v) is 14.8. The molecule has 0 atom stereocenters. The second kappa shape index (κ2) is 10.2. The molecule has 1 amide bonds. The number of allylic oxidation sites excluding steroid dienone is 6. The topological polar surface area (TPSA) is 41.9 Å². The average molecular weight is 326 g/mol. The quantitative estimate of drug-likeness (QED) is 0.393. The lowest BCUT2D eigenvalue weighted by molar-refractivity contribution is 0.140. The average Bonchev–Trinajstić information content (AvgIpc) is 2.59. The fourth-order valence-electron chi connectivity index (χ4n) is 2.21. The van der Waals surface area contributed by atoms with E-state index in [0.29, 0.717) is 17.1 Å². The van der Waals surface area contributed by atoms with Gasteiger partial charge in [0.15, 0.2) is 0 Å². The fourth-order valence-corrected chi connectivity index (χ4v) is 2.21. The van der Waals surface area contributed by atoms with Crippen LogP contribution in [0.2, 0.25) is 0 Å². The van der Waals surface area contributed by atoms with Gasteiger partial charge in [0.25, 0.3) is 0 Å². The molecule has 4 heteroatoms. The van der Waals surface area contributed by atoms with Gasteiger partial charge in [-0.05, 0) is 50.0 Å². The van der Waals surface area contributed by atoms with Crippen LogP contribution in [-0.4, -0.2) is 30.5 Å². The van der Waals surface area contributed by atoms with Gasteiger partial charge in [-0.2, -0.15) is 0 Å². The minimum atomic E-state index is -0.505. The van der Waals surface area contributed by atoms with Gasteiger partial charge < -0.3 is 4.74 Å². The van der Waals surface area contributed by atoms with E-state index in [-0.39, 0.29) is 6.61 Å².